The van der Waals surface area contributed by atoms with Gasteiger partial charge in [0.1, 0.15) is 11.6 Å². The van der Waals surface area contributed by atoms with Gasteiger partial charge in [0.15, 0.2) is 0 Å². The lowest BCUT2D eigenvalue weighted by atomic mass is 9.81. The highest BCUT2D eigenvalue weighted by molar-refractivity contribution is 5.88. The van der Waals surface area contributed by atoms with Crippen LogP contribution < -0.4 is 0 Å². The minimum absolute atomic E-state index is 0.0428. The number of ketones is 1. The molecule has 0 saturated heterocycles. The van der Waals surface area contributed by atoms with E-state index in [9.17, 15) is 9.18 Å². The van der Waals surface area contributed by atoms with Crippen LogP contribution in [-0.4, -0.2) is 16.5 Å². The first-order valence-electron chi connectivity index (χ1n) is 13.1. The van der Waals surface area contributed by atoms with Crippen LogP contribution in [-0.2, 0) is 11.2 Å². The van der Waals surface area contributed by atoms with E-state index in [-0.39, 0.29) is 28.3 Å². The number of unbranched alkanes of at least 4 members (excludes halogenated alkanes) is 1. The topological polar surface area (TPSA) is 42.3 Å². The number of aliphatic imine (C=N–C) groups is 1. The molecule has 0 aliphatic heterocycles. The Kier molecular flexibility index (Phi) is 12.4. The quantitative estimate of drug-likeness (QED) is 0.326. The van der Waals surface area contributed by atoms with Crippen molar-refractivity contribution < 1.29 is 9.18 Å². The number of hydrogen-bond acceptors (Lipinski definition) is 3. The predicted octanol–water partition coefficient (Wildman–Crippen LogP) is 9.27. The van der Waals surface area contributed by atoms with Gasteiger partial charge in [-0.1, -0.05) is 92.2 Å². The monoisotopic (exact) mass is 494 g/mol. The van der Waals surface area contributed by atoms with Crippen molar-refractivity contribution in [2.75, 3.05) is 0 Å². The molecule has 0 aliphatic rings. The van der Waals surface area contributed by atoms with Gasteiger partial charge in [0.05, 0.1) is 11.9 Å². The molecular formula is C32H47FN2O. The van der Waals surface area contributed by atoms with Crippen LogP contribution in [0, 0.1) is 22.6 Å². The molecule has 1 heterocycles. The highest BCUT2D eigenvalue weighted by Crippen LogP contribution is 2.30. The van der Waals surface area contributed by atoms with E-state index in [0.29, 0.717) is 0 Å². The van der Waals surface area contributed by atoms with Crippen molar-refractivity contribution in [1.82, 2.24) is 4.98 Å². The zero-order valence-electron chi connectivity index (χ0n) is 24.2. The molecule has 0 radical (unpaired) electrons. The number of aromatic nitrogens is 1. The lowest BCUT2D eigenvalue weighted by Crippen LogP contribution is -2.25. The summed E-state index contributed by atoms with van der Waals surface area (Å²) in [6.07, 6.45) is 7.67. The number of rotatable bonds is 9. The van der Waals surface area contributed by atoms with E-state index in [2.05, 4.69) is 83.8 Å². The lowest BCUT2D eigenvalue weighted by molar-refractivity contribution is -0.119. The molecule has 1 aromatic carbocycles. The molecule has 3 nitrogen and oxygen atoms in total. The molecule has 4 heteroatoms. The van der Waals surface area contributed by atoms with Crippen LogP contribution in [0.1, 0.15) is 94.1 Å². The van der Waals surface area contributed by atoms with Crippen molar-refractivity contribution in [3.05, 3.63) is 65.7 Å². The fourth-order valence-electron chi connectivity index (χ4n) is 3.36. The molecule has 198 valence electrons. The molecule has 1 aromatic heterocycles. The summed E-state index contributed by atoms with van der Waals surface area (Å²) in [7, 11) is 0. The highest BCUT2D eigenvalue weighted by atomic mass is 19.1. The average molecular weight is 495 g/mol. The SMILES string of the molecule is CC(=O)C(C)C.CCC/C=C(/CC(C)(C)C)N=C(C)C(C)(C)Cc1ccc(-c2ccc(F)cn2)cc1. The Morgan fingerprint density at radius 1 is 1.03 bits per heavy atom. The molecule has 0 amide bonds. The average Bonchev–Trinajstić information content (AvgIpc) is 2.77. The van der Waals surface area contributed by atoms with Crippen LogP contribution in [0.3, 0.4) is 0 Å². The van der Waals surface area contributed by atoms with Gasteiger partial charge >= 0.3 is 0 Å². The number of hydrogen-bond donors (Lipinski definition) is 0. The maximum Gasteiger partial charge on any atom is 0.141 e. The van der Waals surface area contributed by atoms with Gasteiger partial charge in [-0.25, -0.2) is 4.39 Å². The standard InChI is InChI=1S/C27H37FN2.C5H10O/c1-8-9-10-24(18-26(3,4)5)30-20(2)27(6,7)17-21-11-13-22(14-12-21)25-16-15-23(28)19-29-25;1-4(2)5(3)6/h10-16,19H,8-9,17-18H2,1-7H3;4H,1-3H3/b24-10-,30-20?;. The van der Waals surface area contributed by atoms with Crippen LogP contribution in [0.25, 0.3) is 11.3 Å². The number of Topliss-reactive ketones (excluding diaryl/α,β-unsaturated/α-hetero) is 1. The van der Waals surface area contributed by atoms with Crippen molar-refractivity contribution in [1.29, 1.82) is 0 Å². The summed E-state index contributed by atoms with van der Waals surface area (Å²) in [5.74, 6) is 0.158. The number of carbonyl (C=O) groups excluding carboxylic acids is 1. The molecule has 0 unspecified atom stereocenters. The number of allylic oxidation sites excluding steroid dienone is 2. The number of pyridine rings is 1. The third-order valence-electron chi connectivity index (χ3n) is 6.11. The van der Waals surface area contributed by atoms with E-state index in [1.54, 1.807) is 13.0 Å². The molecule has 0 saturated carbocycles. The van der Waals surface area contributed by atoms with Gasteiger partial charge in [-0.15, -0.1) is 0 Å². The van der Waals surface area contributed by atoms with Gasteiger partial charge in [-0.05, 0) is 56.2 Å². The Morgan fingerprint density at radius 2 is 1.61 bits per heavy atom. The van der Waals surface area contributed by atoms with Gasteiger partial charge < -0.3 is 0 Å². The number of halogens is 1. The number of carbonyl (C=O) groups is 1. The molecule has 0 atom stereocenters. The summed E-state index contributed by atoms with van der Waals surface area (Å²) in [5.41, 5.74) is 5.59. The van der Waals surface area contributed by atoms with Crippen LogP contribution in [0.15, 0.2) is 59.4 Å². The summed E-state index contributed by atoms with van der Waals surface area (Å²) >= 11 is 0. The van der Waals surface area contributed by atoms with Gasteiger partial charge in [-0.3, -0.25) is 14.8 Å². The van der Waals surface area contributed by atoms with E-state index in [4.69, 9.17) is 4.99 Å². The Hall–Kier alpha value is -2.62. The molecular weight excluding hydrogens is 447 g/mol. The number of benzene rings is 1. The molecule has 0 spiro atoms. The van der Waals surface area contributed by atoms with Crippen molar-refractivity contribution in [3.63, 3.8) is 0 Å². The van der Waals surface area contributed by atoms with E-state index >= 15 is 0 Å². The first kappa shape index (κ1) is 31.4. The predicted molar refractivity (Wildman–Crippen MR) is 153 cm³/mol. The second kappa shape index (κ2) is 14.2. The van der Waals surface area contributed by atoms with Gasteiger partial charge in [-0.2, -0.15) is 0 Å². The minimum atomic E-state index is -0.314. The van der Waals surface area contributed by atoms with Crippen molar-refractivity contribution in [2.45, 2.75) is 94.9 Å². The summed E-state index contributed by atoms with van der Waals surface area (Å²) in [6.45, 7) is 21.1. The largest absolute Gasteiger partial charge is 0.300 e. The maximum absolute atomic E-state index is 13.1. The smallest absolute Gasteiger partial charge is 0.141 e. The third kappa shape index (κ3) is 11.9. The van der Waals surface area contributed by atoms with Gasteiger partial charge in [0.2, 0.25) is 0 Å². The van der Waals surface area contributed by atoms with Gasteiger partial charge in [0.25, 0.3) is 0 Å². The zero-order valence-corrected chi connectivity index (χ0v) is 24.2. The van der Waals surface area contributed by atoms with Crippen LogP contribution in [0.5, 0.6) is 0 Å². The van der Waals surface area contributed by atoms with E-state index in [1.165, 1.54) is 29.2 Å². The van der Waals surface area contributed by atoms with Crippen LogP contribution in [0.4, 0.5) is 4.39 Å². The normalized spacial score (nSPS) is 12.9. The van der Waals surface area contributed by atoms with E-state index < -0.39 is 0 Å². The van der Waals surface area contributed by atoms with Crippen LogP contribution in [0.2, 0.25) is 0 Å². The van der Waals surface area contributed by atoms with Crippen molar-refractivity contribution >= 4 is 11.5 Å². The van der Waals surface area contributed by atoms with E-state index in [0.717, 1.165) is 36.9 Å². The second-order valence-corrected chi connectivity index (χ2v) is 11.8. The molecule has 0 bridgehead atoms. The molecule has 0 N–H and O–H groups in total. The lowest BCUT2D eigenvalue weighted by Gasteiger charge is -2.26. The molecule has 0 aliphatic carbocycles. The first-order chi connectivity index (χ1) is 16.6. The van der Waals surface area contributed by atoms with Crippen molar-refractivity contribution in [2.24, 2.45) is 21.7 Å². The van der Waals surface area contributed by atoms with Crippen LogP contribution >= 0.6 is 0 Å². The number of nitrogens with zero attached hydrogens (tertiary/aromatic N) is 2. The molecule has 36 heavy (non-hydrogen) atoms. The Balaban J connectivity index is 0.000000960. The maximum atomic E-state index is 13.1. The Morgan fingerprint density at radius 3 is 2.06 bits per heavy atom. The molecule has 2 rings (SSSR count). The molecule has 2 aromatic rings. The summed E-state index contributed by atoms with van der Waals surface area (Å²) in [5, 5.41) is 0. The van der Waals surface area contributed by atoms with Crippen molar-refractivity contribution in [3.8, 4) is 11.3 Å². The zero-order chi connectivity index (χ0) is 27.5. The fourth-order valence-corrected chi connectivity index (χ4v) is 3.36. The Labute approximate surface area is 219 Å². The third-order valence-corrected chi connectivity index (χ3v) is 6.11. The molecule has 0 fully saturated rings. The van der Waals surface area contributed by atoms with Gasteiger partial charge in [0, 0.05) is 28.3 Å². The highest BCUT2D eigenvalue weighted by Gasteiger charge is 2.23. The summed E-state index contributed by atoms with van der Waals surface area (Å²) < 4.78 is 13.1. The summed E-state index contributed by atoms with van der Waals surface area (Å²) in [4.78, 5) is 19.4. The Bertz CT molecular complexity index is 1010. The second-order valence-electron chi connectivity index (χ2n) is 11.8. The first-order valence-corrected chi connectivity index (χ1v) is 13.1. The van der Waals surface area contributed by atoms with E-state index in [1.807, 2.05) is 13.8 Å². The summed E-state index contributed by atoms with van der Waals surface area (Å²) in [6, 6.07) is 11.6. The minimum Gasteiger partial charge on any atom is -0.300 e. The fraction of sp³-hybridized carbons (Fsp3) is 0.531.